The molecule has 0 N–H and O–H groups in total. The van der Waals surface area contributed by atoms with E-state index in [4.69, 9.17) is 4.74 Å². The van der Waals surface area contributed by atoms with E-state index < -0.39 is 0 Å². The average Bonchev–Trinajstić information content (AvgIpc) is 1.79. The molecule has 0 aromatic heterocycles. The van der Waals surface area contributed by atoms with Crippen LogP contribution in [0, 0.1) is 0 Å². The Bertz CT molecular complexity index is 71.5. The van der Waals surface area contributed by atoms with Gasteiger partial charge >= 0.3 is 0 Å². The van der Waals surface area contributed by atoms with Crippen molar-refractivity contribution in [3.05, 3.63) is 0 Å². The van der Waals surface area contributed by atoms with Gasteiger partial charge in [-0.05, 0) is 12.8 Å². The van der Waals surface area contributed by atoms with Gasteiger partial charge < -0.3 is 4.74 Å². The Kier molecular flexibility index (Phi) is 3.40. The summed E-state index contributed by atoms with van der Waals surface area (Å²) >= 11 is 4.26. The van der Waals surface area contributed by atoms with Crippen molar-refractivity contribution >= 4 is 12.8 Å². The summed E-state index contributed by atoms with van der Waals surface area (Å²) in [5, 5.41) is 0. The minimum atomic E-state index is 0.900. The molecular formula is C6H13NOS. The second-order valence-corrected chi connectivity index (χ2v) is 2.84. The van der Waals surface area contributed by atoms with Crippen LogP contribution in [0.2, 0.25) is 0 Å². The van der Waals surface area contributed by atoms with Gasteiger partial charge in [0.15, 0.2) is 0 Å². The molecule has 0 aliphatic carbocycles. The summed E-state index contributed by atoms with van der Waals surface area (Å²) in [5.41, 5.74) is 0. The molecule has 0 saturated carbocycles. The largest absolute Gasteiger partial charge is 0.381 e. The maximum atomic E-state index is 5.26. The van der Waals surface area contributed by atoms with Gasteiger partial charge in [-0.1, -0.05) is 12.8 Å². The van der Waals surface area contributed by atoms with Gasteiger partial charge in [-0.3, -0.25) is 4.31 Å². The third kappa shape index (κ3) is 3.08. The van der Waals surface area contributed by atoms with Crippen LogP contribution in [-0.4, -0.2) is 30.6 Å². The van der Waals surface area contributed by atoms with E-state index in [2.05, 4.69) is 17.1 Å². The first kappa shape index (κ1) is 7.38. The van der Waals surface area contributed by atoms with Crippen LogP contribution in [-0.2, 0) is 4.74 Å². The molecule has 1 aliphatic heterocycles. The molecule has 1 fully saturated rings. The van der Waals surface area contributed by atoms with Crippen molar-refractivity contribution in [3.63, 3.8) is 0 Å². The Morgan fingerprint density at radius 2 is 1.67 bits per heavy atom. The van der Waals surface area contributed by atoms with Crippen molar-refractivity contribution in [2.75, 3.05) is 26.3 Å². The van der Waals surface area contributed by atoms with Crippen LogP contribution in [0.3, 0.4) is 0 Å². The quantitative estimate of drug-likeness (QED) is 0.512. The SMILES string of the molecule is SN1CCCOCCC1. The first-order valence-electron chi connectivity index (χ1n) is 3.41. The molecule has 0 atom stereocenters. The highest BCUT2D eigenvalue weighted by Gasteiger charge is 2.02. The van der Waals surface area contributed by atoms with Gasteiger partial charge in [0.2, 0.25) is 0 Å². The Balaban J connectivity index is 2.12. The van der Waals surface area contributed by atoms with Crippen LogP contribution in [0.25, 0.3) is 0 Å². The lowest BCUT2D eigenvalue weighted by atomic mass is 10.3. The Morgan fingerprint density at radius 1 is 1.11 bits per heavy atom. The van der Waals surface area contributed by atoms with Crippen molar-refractivity contribution < 1.29 is 4.74 Å². The summed E-state index contributed by atoms with van der Waals surface area (Å²) < 4.78 is 7.32. The van der Waals surface area contributed by atoms with E-state index in [1.807, 2.05) is 0 Å². The van der Waals surface area contributed by atoms with Crippen LogP contribution in [0.1, 0.15) is 12.8 Å². The molecule has 1 heterocycles. The molecule has 0 aromatic rings. The fourth-order valence-corrected chi connectivity index (χ4v) is 1.19. The van der Waals surface area contributed by atoms with Gasteiger partial charge in [-0.25, -0.2) is 0 Å². The van der Waals surface area contributed by atoms with Crippen molar-refractivity contribution in [1.82, 2.24) is 4.31 Å². The lowest BCUT2D eigenvalue weighted by molar-refractivity contribution is 0.109. The lowest BCUT2D eigenvalue weighted by Gasteiger charge is -2.17. The first-order chi connectivity index (χ1) is 4.39. The summed E-state index contributed by atoms with van der Waals surface area (Å²) in [7, 11) is 0. The third-order valence-electron chi connectivity index (χ3n) is 1.41. The molecule has 1 aliphatic rings. The molecule has 0 bridgehead atoms. The zero-order chi connectivity index (χ0) is 6.53. The highest BCUT2D eigenvalue weighted by Crippen LogP contribution is 2.01. The summed E-state index contributed by atoms with van der Waals surface area (Å²) in [6.45, 7) is 3.92. The molecule has 2 nitrogen and oxygen atoms in total. The van der Waals surface area contributed by atoms with Gasteiger partial charge in [-0.2, -0.15) is 0 Å². The van der Waals surface area contributed by atoms with Crippen LogP contribution in [0.4, 0.5) is 0 Å². The van der Waals surface area contributed by atoms with Crippen molar-refractivity contribution in [2.45, 2.75) is 12.8 Å². The molecule has 1 rings (SSSR count). The summed E-state index contributed by atoms with van der Waals surface area (Å²) in [6.07, 6.45) is 2.23. The fourth-order valence-electron chi connectivity index (χ4n) is 0.912. The maximum Gasteiger partial charge on any atom is 0.0478 e. The van der Waals surface area contributed by atoms with E-state index in [0.717, 1.165) is 39.1 Å². The Morgan fingerprint density at radius 3 is 2.22 bits per heavy atom. The molecule has 3 heteroatoms. The number of rotatable bonds is 0. The summed E-state index contributed by atoms with van der Waals surface area (Å²) in [4.78, 5) is 0. The van der Waals surface area contributed by atoms with Crippen LogP contribution in [0.5, 0.6) is 0 Å². The topological polar surface area (TPSA) is 12.5 Å². The standard InChI is InChI=1S/C6H13NOS/c9-7-3-1-5-8-6-2-4-7/h9H,1-6H2. The monoisotopic (exact) mass is 147 g/mol. The van der Waals surface area contributed by atoms with E-state index in [1.54, 1.807) is 0 Å². The summed E-state index contributed by atoms with van der Waals surface area (Å²) in [5.74, 6) is 0. The van der Waals surface area contributed by atoms with E-state index in [9.17, 15) is 0 Å². The van der Waals surface area contributed by atoms with E-state index in [-0.39, 0.29) is 0 Å². The Hall–Kier alpha value is 0.270. The minimum Gasteiger partial charge on any atom is -0.381 e. The molecule has 54 valence electrons. The second kappa shape index (κ2) is 4.14. The van der Waals surface area contributed by atoms with Crippen LogP contribution in [0.15, 0.2) is 0 Å². The predicted molar refractivity (Wildman–Crippen MR) is 40.6 cm³/mol. The molecule has 0 radical (unpaired) electrons. The molecule has 0 amide bonds. The second-order valence-electron chi connectivity index (χ2n) is 2.27. The number of ether oxygens (including phenoxy) is 1. The zero-order valence-corrected chi connectivity index (χ0v) is 6.44. The molecule has 0 spiro atoms. The van der Waals surface area contributed by atoms with E-state index in [1.165, 1.54) is 0 Å². The lowest BCUT2D eigenvalue weighted by Crippen LogP contribution is -2.21. The zero-order valence-electron chi connectivity index (χ0n) is 5.55. The maximum absolute atomic E-state index is 5.26. The number of thiol groups is 1. The molecule has 0 aromatic carbocycles. The van der Waals surface area contributed by atoms with Gasteiger partial charge in [0, 0.05) is 26.3 Å². The third-order valence-corrected chi connectivity index (χ3v) is 1.81. The van der Waals surface area contributed by atoms with Gasteiger partial charge in [-0.15, -0.1) is 0 Å². The highest BCUT2D eigenvalue weighted by molar-refractivity contribution is 7.77. The first-order valence-corrected chi connectivity index (χ1v) is 3.81. The minimum absolute atomic E-state index is 0.900. The van der Waals surface area contributed by atoms with E-state index in [0.29, 0.717) is 0 Å². The van der Waals surface area contributed by atoms with Gasteiger partial charge in [0.1, 0.15) is 0 Å². The van der Waals surface area contributed by atoms with E-state index >= 15 is 0 Å². The van der Waals surface area contributed by atoms with Gasteiger partial charge in [0.25, 0.3) is 0 Å². The number of hydrogen-bond acceptors (Lipinski definition) is 3. The fraction of sp³-hybridized carbons (Fsp3) is 1.00. The van der Waals surface area contributed by atoms with Crippen molar-refractivity contribution in [2.24, 2.45) is 0 Å². The summed E-state index contributed by atoms with van der Waals surface area (Å²) in [6, 6.07) is 0. The molecule has 9 heavy (non-hydrogen) atoms. The normalized spacial score (nSPS) is 25.0. The average molecular weight is 147 g/mol. The van der Waals surface area contributed by atoms with Crippen LogP contribution >= 0.6 is 12.8 Å². The van der Waals surface area contributed by atoms with Crippen molar-refractivity contribution in [3.8, 4) is 0 Å². The molecule has 0 unspecified atom stereocenters. The van der Waals surface area contributed by atoms with Gasteiger partial charge in [0.05, 0.1) is 0 Å². The highest BCUT2D eigenvalue weighted by atomic mass is 32.1. The number of hydrogen-bond donors (Lipinski definition) is 1. The molecular weight excluding hydrogens is 134 g/mol. The molecule has 1 saturated heterocycles. The van der Waals surface area contributed by atoms with Crippen molar-refractivity contribution in [1.29, 1.82) is 0 Å². The smallest absolute Gasteiger partial charge is 0.0478 e. The predicted octanol–water partition coefficient (Wildman–Crippen LogP) is 0.944. The Labute approximate surface area is 61.7 Å². The number of nitrogens with zero attached hydrogens (tertiary/aromatic N) is 1. The van der Waals surface area contributed by atoms with Crippen LogP contribution < -0.4 is 0 Å².